The van der Waals surface area contributed by atoms with E-state index < -0.39 is 147 Å². The lowest BCUT2D eigenvalue weighted by atomic mass is 9.96. The van der Waals surface area contributed by atoms with E-state index >= 15 is 0 Å². The van der Waals surface area contributed by atoms with Crippen LogP contribution in [0.2, 0.25) is 0 Å². The van der Waals surface area contributed by atoms with Crippen LogP contribution < -0.4 is 0 Å². The van der Waals surface area contributed by atoms with E-state index in [4.69, 9.17) is 66.3 Å². The van der Waals surface area contributed by atoms with Crippen molar-refractivity contribution in [1.29, 1.82) is 0 Å². The van der Waals surface area contributed by atoms with Crippen molar-refractivity contribution < 1.29 is 105 Å². The van der Waals surface area contributed by atoms with Crippen LogP contribution in [0.25, 0.3) is 0 Å². The second kappa shape index (κ2) is 21.9. The van der Waals surface area contributed by atoms with Gasteiger partial charge in [-0.15, -0.1) is 6.58 Å². The van der Waals surface area contributed by atoms with Crippen LogP contribution in [0.1, 0.15) is 62.3 Å². The average molecular weight is 835 g/mol. The molecular formula is C36H50O22. The van der Waals surface area contributed by atoms with E-state index in [0.717, 1.165) is 55.4 Å². The average Bonchev–Trinajstić information content (AvgIpc) is 3.09. The van der Waals surface area contributed by atoms with E-state index in [1.54, 1.807) is 0 Å². The SMILES string of the molecule is C=CCO[C@H]1O[C@H](C)[C@H](OC(C)=O)[C@H](O[C@@H]2OC[C@@H](OC(C)=O)[C@H](OC(C)=O)[C@H]2OC(C)=O)[C@H]1O[C@@H]1O[C@H](COC(C)=O)[C@@H](OC(C)=O)[C@H](OC(C)=O)[C@H]1OC(C)=O. The first-order valence-corrected chi connectivity index (χ1v) is 18.0. The van der Waals surface area contributed by atoms with Gasteiger partial charge in [0.1, 0.15) is 24.9 Å². The molecule has 14 atom stereocenters. The molecule has 0 amide bonds. The highest BCUT2D eigenvalue weighted by molar-refractivity contribution is 5.70. The molecule has 3 saturated heterocycles. The van der Waals surface area contributed by atoms with Gasteiger partial charge in [-0.1, -0.05) is 6.08 Å². The number of ether oxygens (including phenoxy) is 14. The van der Waals surface area contributed by atoms with Crippen LogP contribution in [0.5, 0.6) is 0 Å². The van der Waals surface area contributed by atoms with Gasteiger partial charge in [0.15, 0.2) is 61.6 Å². The largest absolute Gasteiger partial charge is 0.463 e. The van der Waals surface area contributed by atoms with Crippen LogP contribution in [-0.2, 0) is 105 Å². The third-order valence-electron chi connectivity index (χ3n) is 8.24. The highest BCUT2D eigenvalue weighted by atomic mass is 16.8. The van der Waals surface area contributed by atoms with Crippen molar-refractivity contribution in [1.82, 2.24) is 0 Å². The zero-order valence-electron chi connectivity index (χ0n) is 33.5. The molecule has 22 heteroatoms. The lowest BCUT2D eigenvalue weighted by Crippen LogP contribution is -2.67. The molecule has 3 fully saturated rings. The Morgan fingerprint density at radius 1 is 0.517 bits per heavy atom. The first-order chi connectivity index (χ1) is 27.2. The maximum Gasteiger partial charge on any atom is 0.303 e. The molecule has 58 heavy (non-hydrogen) atoms. The van der Waals surface area contributed by atoms with Crippen molar-refractivity contribution in [2.24, 2.45) is 0 Å². The minimum Gasteiger partial charge on any atom is -0.463 e. The second-order valence-electron chi connectivity index (χ2n) is 13.2. The van der Waals surface area contributed by atoms with Gasteiger partial charge < -0.3 is 66.3 Å². The molecule has 22 nitrogen and oxygen atoms in total. The minimum absolute atomic E-state index is 0.171. The fourth-order valence-corrected chi connectivity index (χ4v) is 6.36. The fourth-order valence-electron chi connectivity index (χ4n) is 6.36. The van der Waals surface area contributed by atoms with E-state index in [0.29, 0.717) is 0 Å². The standard InChI is InChI=1S/C36H50O22/c1-11-12-45-34-32(58-36-33(55-23(10)44)30(53-21(8)42)27(51-19(6)40)25(56-36)13-46-16(3)37)29(26(15(2)48-34)50-18(5)39)57-35-31(54-22(9)43)28(52-20(7)41)24(14-47-35)49-17(4)38/h11,15,24-36H,1,12-14H2,2-10H3/t15-,24-,25-,26+,27-,28+,29+,30+,31-,32-,33-,34+,35+,36+/m1/s1. The molecule has 3 rings (SSSR count). The predicted molar refractivity (Wildman–Crippen MR) is 184 cm³/mol. The Hall–Kier alpha value is -4.74. The zero-order valence-corrected chi connectivity index (χ0v) is 33.5. The summed E-state index contributed by atoms with van der Waals surface area (Å²) in [7, 11) is 0. The number of rotatable bonds is 16. The normalized spacial score (nSPS) is 33.3. The van der Waals surface area contributed by atoms with Crippen LogP contribution in [0.15, 0.2) is 12.7 Å². The topological polar surface area (TPSA) is 266 Å². The fraction of sp³-hybridized carbons (Fsp3) is 0.722. The summed E-state index contributed by atoms with van der Waals surface area (Å²) < 4.78 is 80.5. The molecule has 0 aliphatic carbocycles. The van der Waals surface area contributed by atoms with Crippen LogP contribution in [0.3, 0.4) is 0 Å². The smallest absolute Gasteiger partial charge is 0.303 e. The Morgan fingerprint density at radius 3 is 1.50 bits per heavy atom. The lowest BCUT2D eigenvalue weighted by Gasteiger charge is -2.50. The van der Waals surface area contributed by atoms with Crippen molar-refractivity contribution in [2.45, 2.75) is 148 Å². The zero-order chi connectivity index (χ0) is 43.4. The molecule has 0 unspecified atom stereocenters. The number of esters is 8. The van der Waals surface area contributed by atoms with Crippen LogP contribution in [0.4, 0.5) is 0 Å². The molecular weight excluding hydrogens is 784 g/mol. The molecule has 3 aliphatic rings. The molecule has 326 valence electrons. The van der Waals surface area contributed by atoms with Gasteiger partial charge in [0, 0.05) is 55.4 Å². The Kier molecular flexibility index (Phi) is 18.0. The van der Waals surface area contributed by atoms with Gasteiger partial charge in [-0.25, -0.2) is 0 Å². The third kappa shape index (κ3) is 13.7. The molecule has 0 saturated carbocycles. The van der Waals surface area contributed by atoms with Gasteiger partial charge in [-0.05, 0) is 6.92 Å². The van der Waals surface area contributed by atoms with Gasteiger partial charge in [0.05, 0.1) is 19.3 Å². The summed E-state index contributed by atoms with van der Waals surface area (Å²) in [6.45, 7) is 12.4. The number of hydrogen-bond donors (Lipinski definition) is 0. The van der Waals surface area contributed by atoms with Crippen molar-refractivity contribution in [3.63, 3.8) is 0 Å². The molecule has 0 N–H and O–H groups in total. The summed E-state index contributed by atoms with van der Waals surface area (Å²) in [6.07, 6.45) is -20.1. The Morgan fingerprint density at radius 2 is 0.983 bits per heavy atom. The molecule has 0 aromatic carbocycles. The summed E-state index contributed by atoms with van der Waals surface area (Å²) in [5.41, 5.74) is 0. The highest BCUT2D eigenvalue weighted by Crippen LogP contribution is 2.37. The van der Waals surface area contributed by atoms with E-state index in [1.807, 2.05) is 0 Å². The quantitative estimate of drug-likeness (QED) is 0.111. The van der Waals surface area contributed by atoms with Crippen molar-refractivity contribution in [3.8, 4) is 0 Å². The second-order valence-corrected chi connectivity index (χ2v) is 13.2. The monoisotopic (exact) mass is 834 g/mol. The maximum absolute atomic E-state index is 12.6. The molecule has 0 bridgehead atoms. The first kappa shape index (κ1) is 47.6. The van der Waals surface area contributed by atoms with Crippen LogP contribution in [0, 0.1) is 0 Å². The van der Waals surface area contributed by atoms with E-state index in [9.17, 15) is 38.4 Å². The first-order valence-electron chi connectivity index (χ1n) is 18.0. The van der Waals surface area contributed by atoms with Gasteiger partial charge in [-0.3, -0.25) is 38.4 Å². The summed E-state index contributed by atoms with van der Waals surface area (Å²) >= 11 is 0. The Bertz CT molecular complexity index is 1510. The summed E-state index contributed by atoms with van der Waals surface area (Å²) in [4.78, 5) is 98.4. The van der Waals surface area contributed by atoms with Gasteiger partial charge in [-0.2, -0.15) is 0 Å². The molecule has 0 radical (unpaired) electrons. The molecule has 0 aromatic heterocycles. The van der Waals surface area contributed by atoms with Crippen molar-refractivity contribution in [3.05, 3.63) is 12.7 Å². The number of carbonyl (C=O) groups excluding carboxylic acids is 8. The van der Waals surface area contributed by atoms with E-state index in [1.165, 1.54) is 13.0 Å². The number of carbonyl (C=O) groups is 8. The molecule has 0 aromatic rings. The summed E-state index contributed by atoms with van der Waals surface area (Å²) in [5.74, 6) is -6.82. The number of hydrogen-bond acceptors (Lipinski definition) is 22. The van der Waals surface area contributed by atoms with Gasteiger partial charge >= 0.3 is 47.8 Å². The van der Waals surface area contributed by atoms with Gasteiger partial charge in [0.25, 0.3) is 0 Å². The summed E-state index contributed by atoms with van der Waals surface area (Å²) in [5, 5.41) is 0. The maximum atomic E-state index is 12.6. The van der Waals surface area contributed by atoms with Crippen molar-refractivity contribution in [2.75, 3.05) is 19.8 Å². The Labute approximate surface area is 333 Å². The summed E-state index contributed by atoms with van der Waals surface area (Å²) in [6, 6.07) is 0. The van der Waals surface area contributed by atoms with E-state index in [-0.39, 0.29) is 6.61 Å². The van der Waals surface area contributed by atoms with E-state index in [2.05, 4.69) is 6.58 Å². The van der Waals surface area contributed by atoms with Gasteiger partial charge in [0.2, 0.25) is 0 Å². The lowest BCUT2D eigenvalue weighted by molar-refractivity contribution is -0.384. The molecule has 3 heterocycles. The molecule has 0 spiro atoms. The Balaban J connectivity index is 2.23. The van der Waals surface area contributed by atoms with Crippen LogP contribution >= 0.6 is 0 Å². The minimum atomic E-state index is -1.83. The predicted octanol–water partition coefficient (Wildman–Crippen LogP) is -0.130. The highest BCUT2D eigenvalue weighted by Gasteiger charge is 2.58. The van der Waals surface area contributed by atoms with Crippen LogP contribution in [-0.4, -0.2) is 154 Å². The molecule has 3 aliphatic heterocycles. The third-order valence-corrected chi connectivity index (χ3v) is 8.24. The van der Waals surface area contributed by atoms with Crippen molar-refractivity contribution >= 4 is 47.8 Å².